The number of halogens is 1. The number of hydrogen-bond donors (Lipinski definition) is 0. The standard InChI is InChI=1S/C12H8ClN3OS/c13-5-10(17)9-7-18-12(15-9)8-6-16-4-2-1-3-11(16)14-8/h1-4,6-7H,5H2. The first kappa shape index (κ1) is 11.4. The number of fused-ring (bicyclic) bond motifs is 1. The van der Waals surface area contributed by atoms with E-state index in [0.29, 0.717) is 5.69 Å². The summed E-state index contributed by atoms with van der Waals surface area (Å²) in [5.74, 6) is -0.211. The first-order chi connectivity index (χ1) is 8.78. The Hall–Kier alpha value is -1.72. The molecule has 90 valence electrons. The third kappa shape index (κ3) is 1.91. The van der Waals surface area contributed by atoms with E-state index in [0.717, 1.165) is 16.3 Å². The Morgan fingerprint density at radius 2 is 2.28 bits per heavy atom. The van der Waals surface area contributed by atoms with Crippen LogP contribution >= 0.6 is 22.9 Å². The molecule has 0 saturated heterocycles. The van der Waals surface area contributed by atoms with Crippen LogP contribution in [0.2, 0.25) is 0 Å². The highest BCUT2D eigenvalue weighted by Crippen LogP contribution is 2.23. The van der Waals surface area contributed by atoms with Crippen molar-refractivity contribution in [3.05, 3.63) is 41.7 Å². The molecule has 18 heavy (non-hydrogen) atoms. The largest absolute Gasteiger partial charge is 0.306 e. The molecular weight excluding hydrogens is 270 g/mol. The van der Waals surface area contributed by atoms with Crippen molar-refractivity contribution in [2.75, 3.05) is 5.88 Å². The minimum Gasteiger partial charge on any atom is -0.306 e. The smallest absolute Gasteiger partial charge is 0.196 e. The fourth-order valence-corrected chi connectivity index (χ4v) is 2.54. The summed E-state index contributed by atoms with van der Waals surface area (Å²) in [5.41, 5.74) is 2.02. The summed E-state index contributed by atoms with van der Waals surface area (Å²) in [6, 6.07) is 5.78. The van der Waals surface area contributed by atoms with Crippen LogP contribution in [0.1, 0.15) is 10.5 Å². The van der Waals surface area contributed by atoms with Crippen LogP contribution in [-0.4, -0.2) is 26.0 Å². The molecule has 0 bridgehead atoms. The van der Waals surface area contributed by atoms with E-state index in [4.69, 9.17) is 11.6 Å². The Bertz CT molecular complexity index is 686. The maximum atomic E-state index is 11.4. The lowest BCUT2D eigenvalue weighted by molar-refractivity contribution is 0.101. The van der Waals surface area contributed by atoms with Crippen molar-refractivity contribution in [2.45, 2.75) is 0 Å². The Balaban J connectivity index is 2.03. The second-order valence-corrected chi connectivity index (χ2v) is 4.81. The average Bonchev–Trinajstić information content (AvgIpc) is 3.03. The molecule has 0 aliphatic heterocycles. The van der Waals surface area contributed by atoms with E-state index in [-0.39, 0.29) is 11.7 Å². The van der Waals surface area contributed by atoms with E-state index in [9.17, 15) is 4.79 Å². The first-order valence-electron chi connectivity index (χ1n) is 5.27. The topological polar surface area (TPSA) is 47.3 Å². The number of hydrogen-bond acceptors (Lipinski definition) is 4. The molecule has 0 atom stereocenters. The minimum atomic E-state index is -0.164. The Morgan fingerprint density at radius 3 is 3.06 bits per heavy atom. The number of alkyl halides is 1. The number of nitrogens with zero attached hydrogens (tertiary/aromatic N) is 3. The number of pyridine rings is 1. The molecule has 3 rings (SSSR count). The summed E-state index contributed by atoms with van der Waals surface area (Å²) in [5, 5.41) is 2.44. The van der Waals surface area contributed by atoms with Crippen molar-refractivity contribution in [1.82, 2.24) is 14.4 Å². The summed E-state index contributed by atoms with van der Waals surface area (Å²) in [4.78, 5) is 20.1. The SMILES string of the molecule is O=C(CCl)c1csc(-c2cn3ccccc3n2)n1. The van der Waals surface area contributed by atoms with Crippen molar-refractivity contribution in [2.24, 2.45) is 0 Å². The molecule has 4 nitrogen and oxygen atoms in total. The van der Waals surface area contributed by atoms with Crippen LogP contribution in [0.15, 0.2) is 36.0 Å². The van der Waals surface area contributed by atoms with Crippen LogP contribution in [0.5, 0.6) is 0 Å². The van der Waals surface area contributed by atoms with E-state index in [2.05, 4.69) is 9.97 Å². The molecule has 0 fully saturated rings. The number of aromatic nitrogens is 3. The highest BCUT2D eigenvalue weighted by atomic mass is 35.5. The quantitative estimate of drug-likeness (QED) is 0.546. The zero-order chi connectivity index (χ0) is 12.5. The van der Waals surface area contributed by atoms with Crippen molar-refractivity contribution < 1.29 is 4.79 Å². The molecule has 3 aromatic rings. The number of Topliss-reactive ketones (excluding diaryl/α,β-unsaturated/α-hetero) is 1. The monoisotopic (exact) mass is 277 g/mol. The van der Waals surface area contributed by atoms with Gasteiger partial charge in [-0.3, -0.25) is 4.79 Å². The number of thiazole rings is 1. The zero-order valence-corrected chi connectivity index (χ0v) is 10.8. The van der Waals surface area contributed by atoms with Gasteiger partial charge in [0, 0.05) is 17.8 Å². The summed E-state index contributed by atoms with van der Waals surface area (Å²) in [6.07, 6.45) is 3.81. The van der Waals surface area contributed by atoms with Crippen LogP contribution in [0, 0.1) is 0 Å². The lowest BCUT2D eigenvalue weighted by Crippen LogP contribution is -1.99. The van der Waals surface area contributed by atoms with Gasteiger partial charge >= 0.3 is 0 Å². The van der Waals surface area contributed by atoms with Crippen LogP contribution < -0.4 is 0 Å². The third-order valence-electron chi connectivity index (χ3n) is 2.49. The molecule has 0 N–H and O–H groups in total. The van der Waals surface area contributed by atoms with Crippen LogP contribution in [-0.2, 0) is 0 Å². The molecule has 6 heteroatoms. The second kappa shape index (κ2) is 4.51. The molecule has 0 spiro atoms. The number of imidazole rings is 1. The van der Waals surface area contributed by atoms with Gasteiger partial charge in [0.2, 0.25) is 0 Å². The summed E-state index contributed by atoms with van der Waals surface area (Å²) in [6.45, 7) is 0. The van der Waals surface area contributed by atoms with Crippen LogP contribution in [0.4, 0.5) is 0 Å². The van der Waals surface area contributed by atoms with Crippen molar-refractivity contribution in [1.29, 1.82) is 0 Å². The van der Waals surface area contributed by atoms with E-state index >= 15 is 0 Å². The predicted octanol–water partition coefficient (Wildman–Crippen LogP) is 2.88. The lowest BCUT2D eigenvalue weighted by Gasteiger charge is -1.88. The van der Waals surface area contributed by atoms with Gasteiger partial charge < -0.3 is 4.40 Å². The normalized spacial score (nSPS) is 10.9. The summed E-state index contributed by atoms with van der Waals surface area (Å²) >= 11 is 6.90. The number of rotatable bonds is 3. The van der Waals surface area contributed by atoms with Gasteiger partial charge in [0.1, 0.15) is 22.0 Å². The van der Waals surface area contributed by atoms with Crippen LogP contribution in [0.25, 0.3) is 16.3 Å². The van der Waals surface area contributed by atoms with Crippen molar-refractivity contribution in [3.63, 3.8) is 0 Å². The minimum absolute atomic E-state index is 0.0473. The number of carbonyl (C=O) groups excluding carboxylic acids is 1. The highest BCUT2D eigenvalue weighted by molar-refractivity contribution is 7.13. The predicted molar refractivity (Wildman–Crippen MR) is 71.4 cm³/mol. The van der Waals surface area contributed by atoms with Gasteiger partial charge in [-0.25, -0.2) is 9.97 Å². The molecule has 0 radical (unpaired) electrons. The van der Waals surface area contributed by atoms with Crippen molar-refractivity contribution >= 4 is 34.4 Å². The van der Waals surface area contributed by atoms with Crippen LogP contribution in [0.3, 0.4) is 0 Å². The van der Waals surface area contributed by atoms with Gasteiger partial charge in [0.25, 0.3) is 0 Å². The molecule has 0 amide bonds. The van der Waals surface area contributed by atoms with E-state index < -0.39 is 0 Å². The molecular formula is C12H8ClN3OS. The fourth-order valence-electron chi connectivity index (χ4n) is 1.63. The molecule has 3 heterocycles. The number of ketones is 1. The first-order valence-corrected chi connectivity index (χ1v) is 6.68. The Labute approximate surface area is 112 Å². The fraction of sp³-hybridized carbons (Fsp3) is 0.0833. The molecule has 0 saturated carbocycles. The number of carbonyl (C=O) groups is 1. The maximum absolute atomic E-state index is 11.4. The van der Waals surface area contributed by atoms with Gasteiger partial charge in [0.15, 0.2) is 5.78 Å². The van der Waals surface area contributed by atoms with Crippen molar-refractivity contribution in [3.8, 4) is 10.7 Å². The van der Waals surface area contributed by atoms with Gasteiger partial charge in [-0.2, -0.15) is 0 Å². The molecule has 0 aliphatic carbocycles. The average molecular weight is 278 g/mol. The highest BCUT2D eigenvalue weighted by Gasteiger charge is 2.12. The van der Waals surface area contributed by atoms with E-state index in [1.807, 2.05) is 35.0 Å². The molecule has 3 aromatic heterocycles. The van der Waals surface area contributed by atoms with Gasteiger partial charge in [-0.05, 0) is 12.1 Å². The van der Waals surface area contributed by atoms with Gasteiger partial charge in [-0.15, -0.1) is 22.9 Å². The van der Waals surface area contributed by atoms with E-state index in [1.54, 1.807) is 5.38 Å². The summed E-state index contributed by atoms with van der Waals surface area (Å²) in [7, 11) is 0. The third-order valence-corrected chi connectivity index (χ3v) is 3.60. The summed E-state index contributed by atoms with van der Waals surface area (Å²) < 4.78 is 1.92. The van der Waals surface area contributed by atoms with E-state index in [1.165, 1.54) is 11.3 Å². The lowest BCUT2D eigenvalue weighted by atomic mass is 10.3. The molecule has 0 aliphatic rings. The molecule has 0 aromatic carbocycles. The molecule has 0 unspecified atom stereocenters. The second-order valence-electron chi connectivity index (χ2n) is 3.69. The Kier molecular flexibility index (Phi) is 2.85. The Morgan fingerprint density at radius 1 is 1.39 bits per heavy atom. The zero-order valence-electron chi connectivity index (χ0n) is 9.21. The van der Waals surface area contributed by atoms with Gasteiger partial charge in [-0.1, -0.05) is 6.07 Å². The van der Waals surface area contributed by atoms with Gasteiger partial charge in [0.05, 0.1) is 5.88 Å². The maximum Gasteiger partial charge on any atom is 0.196 e.